The minimum absolute atomic E-state index is 0.00865. The average Bonchev–Trinajstić information content (AvgIpc) is 2.87. The number of hydrogen-bond donors (Lipinski definition) is 1. The maximum atomic E-state index is 12.3. The van der Waals surface area contributed by atoms with Crippen LogP contribution in [0.4, 0.5) is 4.79 Å². The van der Waals surface area contributed by atoms with Crippen LogP contribution in [0.25, 0.3) is 0 Å². The maximum absolute atomic E-state index is 12.3. The molecule has 18 heavy (non-hydrogen) atoms. The SMILES string of the molecule is CCN1CCN(C(=O)[C@@H]2CCCN2C(=O)O)CC1. The molecule has 0 spiro atoms. The average molecular weight is 255 g/mol. The Morgan fingerprint density at radius 1 is 1.17 bits per heavy atom. The van der Waals surface area contributed by atoms with E-state index in [0.29, 0.717) is 13.0 Å². The van der Waals surface area contributed by atoms with E-state index in [-0.39, 0.29) is 5.91 Å². The number of carbonyl (C=O) groups excluding carboxylic acids is 1. The number of amides is 2. The summed E-state index contributed by atoms with van der Waals surface area (Å²) in [6.45, 7) is 6.82. The summed E-state index contributed by atoms with van der Waals surface area (Å²) >= 11 is 0. The molecule has 2 saturated heterocycles. The van der Waals surface area contributed by atoms with Gasteiger partial charge in [-0.05, 0) is 19.4 Å². The van der Waals surface area contributed by atoms with Gasteiger partial charge >= 0.3 is 6.09 Å². The van der Waals surface area contributed by atoms with E-state index in [1.54, 1.807) is 0 Å². The molecule has 0 unspecified atom stereocenters. The molecule has 0 aliphatic carbocycles. The molecule has 1 atom stereocenters. The summed E-state index contributed by atoms with van der Waals surface area (Å²) in [7, 11) is 0. The molecular weight excluding hydrogens is 234 g/mol. The van der Waals surface area contributed by atoms with Crippen molar-refractivity contribution in [1.82, 2.24) is 14.7 Å². The lowest BCUT2D eigenvalue weighted by atomic mass is 10.1. The number of likely N-dealkylation sites (N-methyl/N-ethyl adjacent to an activating group) is 1. The molecule has 2 fully saturated rings. The molecule has 2 amide bonds. The number of likely N-dealkylation sites (tertiary alicyclic amines) is 1. The Morgan fingerprint density at radius 2 is 1.83 bits per heavy atom. The zero-order valence-corrected chi connectivity index (χ0v) is 10.8. The topological polar surface area (TPSA) is 64.1 Å². The molecular formula is C12H21N3O3. The molecule has 0 aromatic heterocycles. The van der Waals surface area contributed by atoms with Crippen LogP contribution in [0.1, 0.15) is 19.8 Å². The predicted octanol–water partition coefficient (Wildman–Crippen LogP) is 0.293. The van der Waals surface area contributed by atoms with Crippen LogP contribution < -0.4 is 0 Å². The molecule has 2 rings (SSSR count). The first-order chi connectivity index (χ1) is 8.63. The number of nitrogens with zero attached hydrogens (tertiary/aromatic N) is 3. The molecule has 102 valence electrons. The number of hydrogen-bond acceptors (Lipinski definition) is 3. The van der Waals surface area contributed by atoms with Gasteiger partial charge in [0.1, 0.15) is 6.04 Å². The fourth-order valence-electron chi connectivity index (χ4n) is 2.75. The van der Waals surface area contributed by atoms with Crippen molar-refractivity contribution in [2.75, 3.05) is 39.3 Å². The van der Waals surface area contributed by atoms with Gasteiger partial charge in [-0.3, -0.25) is 9.69 Å². The number of piperazine rings is 1. The monoisotopic (exact) mass is 255 g/mol. The normalized spacial score (nSPS) is 25.5. The highest BCUT2D eigenvalue weighted by Gasteiger charge is 2.37. The van der Waals surface area contributed by atoms with Gasteiger partial charge in [0, 0.05) is 32.7 Å². The Morgan fingerprint density at radius 3 is 2.39 bits per heavy atom. The molecule has 2 heterocycles. The fraction of sp³-hybridized carbons (Fsp3) is 0.833. The van der Waals surface area contributed by atoms with Crippen molar-refractivity contribution in [2.24, 2.45) is 0 Å². The highest BCUT2D eigenvalue weighted by Crippen LogP contribution is 2.20. The number of carbonyl (C=O) groups is 2. The second-order valence-corrected chi connectivity index (χ2v) is 4.89. The van der Waals surface area contributed by atoms with E-state index in [1.165, 1.54) is 4.90 Å². The van der Waals surface area contributed by atoms with Gasteiger partial charge in [0.2, 0.25) is 5.91 Å². The van der Waals surface area contributed by atoms with Crippen LogP contribution in [0.5, 0.6) is 0 Å². The Hall–Kier alpha value is -1.30. The van der Waals surface area contributed by atoms with Gasteiger partial charge in [-0.15, -0.1) is 0 Å². The van der Waals surface area contributed by atoms with Gasteiger partial charge in [-0.2, -0.15) is 0 Å². The number of rotatable bonds is 2. The standard InChI is InChI=1S/C12H21N3O3/c1-2-13-6-8-14(9-7-13)11(16)10-4-3-5-15(10)12(17)18/h10H,2-9H2,1H3,(H,17,18)/t10-/m0/s1. The van der Waals surface area contributed by atoms with E-state index >= 15 is 0 Å². The second kappa shape index (κ2) is 5.56. The molecule has 0 aromatic carbocycles. The van der Waals surface area contributed by atoms with Crippen molar-refractivity contribution in [2.45, 2.75) is 25.8 Å². The third-order valence-corrected chi connectivity index (χ3v) is 3.91. The van der Waals surface area contributed by atoms with Crippen LogP contribution in [0.2, 0.25) is 0 Å². The minimum Gasteiger partial charge on any atom is -0.465 e. The van der Waals surface area contributed by atoms with Crippen LogP contribution in [-0.2, 0) is 4.79 Å². The molecule has 2 aliphatic heterocycles. The summed E-state index contributed by atoms with van der Waals surface area (Å²) < 4.78 is 0. The quantitative estimate of drug-likeness (QED) is 0.770. The van der Waals surface area contributed by atoms with E-state index in [4.69, 9.17) is 5.11 Å². The van der Waals surface area contributed by atoms with Gasteiger partial charge in [0.05, 0.1) is 0 Å². The van der Waals surface area contributed by atoms with Crippen LogP contribution in [0.3, 0.4) is 0 Å². The van der Waals surface area contributed by atoms with Gasteiger partial charge in [0.15, 0.2) is 0 Å². The largest absolute Gasteiger partial charge is 0.465 e. The lowest BCUT2D eigenvalue weighted by Gasteiger charge is -2.36. The Bertz CT molecular complexity index is 327. The molecule has 6 heteroatoms. The summed E-state index contributed by atoms with van der Waals surface area (Å²) in [6.07, 6.45) is 0.481. The van der Waals surface area contributed by atoms with E-state index in [0.717, 1.165) is 39.1 Å². The smallest absolute Gasteiger partial charge is 0.407 e. The first-order valence-corrected chi connectivity index (χ1v) is 6.64. The van der Waals surface area contributed by atoms with Crippen LogP contribution in [-0.4, -0.2) is 77.1 Å². The first-order valence-electron chi connectivity index (χ1n) is 6.64. The minimum atomic E-state index is -0.974. The summed E-state index contributed by atoms with van der Waals surface area (Å²) in [6, 6.07) is -0.448. The third-order valence-electron chi connectivity index (χ3n) is 3.91. The summed E-state index contributed by atoms with van der Waals surface area (Å²) in [4.78, 5) is 28.8. The van der Waals surface area contributed by atoms with Crippen LogP contribution in [0.15, 0.2) is 0 Å². The predicted molar refractivity (Wildman–Crippen MR) is 66.4 cm³/mol. The third kappa shape index (κ3) is 2.58. The van der Waals surface area contributed by atoms with Gasteiger partial charge in [-0.1, -0.05) is 6.92 Å². The molecule has 0 saturated carbocycles. The van der Waals surface area contributed by atoms with Crippen molar-refractivity contribution < 1.29 is 14.7 Å². The lowest BCUT2D eigenvalue weighted by molar-refractivity contribution is -0.137. The zero-order chi connectivity index (χ0) is 13.1. The zero-order valence-electron chi connectivity index (χ0n) is 10.8. The van der Waals surface area contributed by atoms with Crippen molar-refractivity contribution in [1.29, 1.82) is 0 Å². The summed E-state index contributed by atoms with van der Waals surface area (Å²) in [5, 5.41) is 9.06. The molecule has 0 aromatic rings. The highest BCUT2D eigenvalue weighted by atomic mass is 16.4. The van der Waals surface area contributed by atoms with Crippen molar-refractivity contribution >= 4 is 12.0 Å². The van der Waals surface area contributed by atoms with Crippen LogP contribution in [0, 0.1) is 0 Å². The molecule has 6 nitrogen and oxygen atoms in total. The summed E-state index contributed by atoms with van der Waals surface area (Å²) in [5.74, 6) is -0.00865. The number of carboxylic acid groups (broad SMARTS) is 1. The molecule has 1 N–H and O–H groups in total. The first kappa shape index (κ1) is 13.1. The van der Waals surface area contributed by atoms with Crippen molar-refractivity contribution in [3.8, 4) is 0 Å². The van der Waals surface area contributed by atoms with E-state index in [9.17, 15) is 9.59 Å². The molecule has 0 radical (unpaired) electrons. The Kier molecular flexibility index (Phi) is 4.06. The van der Waals surface area contributed by atoms with E-state index in [2.05, 4.69) is 11.8 Å². The van der Waals surface area contributed by atoms with Gasteiger partial charge in [0.25, 0.3) is 0 Å². The Balaban J connectivity index is 1.93. The van der Waals surface area contributed by atoms with E-state index in [1.807, 2.05) is 4.90 Å². The van der Waals surface area contributed by atoms with Crippen LogP contribution >= 0.6 is 0 Å². The second-order valence-electron chi connectivity index (χ2n) is 4.89. The lowest BCUT2D eigenvalue weighted by Crippen LogP contribution is -2.54. The Labute approximate surface area is 107 Å². The van der Waals surface area contributed by atoms with Crippen molar-refractivity contribution in [3.05, 3.63) is 0 Å². The summed E-state index contributed by atoms with van der Waals surface area (Å²) in [5.41, 5.74) is 0. The van der Waals surface area contributed by atoms with E-state index < -0.39 is 12.1 Å². The van der Waals surface area contributed by atoms with Gasteiger partial charge in [-0.25, -0.2) is 4.79 Å². The van der Waals surface area contributed by atoms with Crippen molar-refractivity contribution in [3.63, 3.8) is 0 Å². The molecule has 0 bridgehead atoms. The van der Waals surface area contributed by atoms with Gasteiger partial charge < -0.3 is 14.9 Å². The maximum Gasteiger partial charge on any atom is 0.407 e. The highest BCUT2D eigenvalue weighted by molar-refractivity contribution is 5.86. The molecule has 2 aliphatic rings. The fourth-order valence-corrected chi connectivity index (χ4v) is 2.75.